The molecule has 0 aromatic heterocycles. The van der Waals surface area contributed by atoms with Crippen LogP contribution in [0.2, 0.25) is 0 Å². The van der Waals surface area contributed by atoms with E-state index in [0.29, 0.717) is 6.42 Å². The second-order valence-corrected chi connectivity index (χ2v) is 4.30. The lowest BCUT2D eigenvalue weighted by Crippen LogP contribution is -2.19. The molecule has 3 heteroatoms. The van der Waals surface area contributed by atoms with Gasteiger partial charge in [0.1, 0.15) is 11.9 Å². The molecule has 1 N–H and O–H groups in total. The maximum Gasteiger partial charge on any atom is 0.123 e. The molecule has 0 radical (unpaired) electrons. The Kier molecular flexibility index (Phi) is 3.12. The van der Waals surface area contributed by atoms with E-state index in [-0.39, 0.29) is 18.6 Å². The summed E-state index contributed by atoms with van der Waals surface area (Å²) >= 11 is 0. The molecule has 3 nitrogen and oxygen atoms in total. The van der Waals surface area contributed by atoms with Gasteiger partial charge in [-0.3, -0.25) is 0 Å². The number of hydrogen-bond donors (Lipinski definition) is 1. The highest BCUT2D eigenvalue weighted by Crippen LogP contribution is 2.31. The first-order chi connectivity index (χ1) is 7.72. The van der Waals surface area contributed by atoms with Gasteiger partial charge >= 0.3 is 0 Å². The van der Waals surface area contributed by atoms with Gasteiger partial charge in [-0.05, 0) is 18.6 Å². The lowest BCUT2D eigenvalue weighted by atomic mass is 10.00. The molecule has 2 unspecified atom stereocenters. The topological polar surface area (TPSA) is 53.2 Å². The molecule has 84 valence electrons. The minimum Gasteiger partial charge on any atom is -0.490 e. The molecule has 0 spiro atoms. The number of aliphatic hydroxyl groups is 1. The number of nitriles is 1. The molecule has 0 amide bonds. The molecule has 1 aromatic rings. The summed E-state index contributed by atoms with van der Waals surface area (Å²) in [5.74, 6) is 0.602. The molecule has 1 aliphatic heterocycles. The Morgan fingerprint density at radius 2 is 2.44 bits per heavy atom. The first kappa shape index (κ1) is 11.0. The minimum atomic E-state index is -0.319. The van der Waals surface area contributed by atoms with Crippen molar-refractivity contribution in [3.05, 3.63) is 29.3 Å². The van der Waals surface area contributed by atoms with Gasteiger partial charge in [0.25, 0.3) is 0 Å². The van der Waals surface area contributed by atoms with E-state index in [9.17, 15) is 0 Å². The van der Waals surface area contributed by atoms with Gasteiger partial charge in [0.15, 0.2) is 0 Å². The number of aryl methyl sites for hydroxylation is 1. The van der Waals surface area contributed by atoms with Crippen LogP contribution >= 0.6 is 0 Å². The van der Waals surface area contributed by atoms with Crippen molar-refractivity contribution >= 4 is 0 Å². The van der Waals surface area contributed by atoms with Crippen molar-refractivity contribution in [1.29, 1.82) is 5.26 Å². The van der Waals surface area contributed by atoms with E-state index in [1.54, 1.807) is 0 Å². The third-order valence-corrected chi connectivity index (χ3v) is 2.91. The molecular weight excluding hydrogens is 202 g/mol. The monoisotopic (exact) mass is 217 g/mol. The Labute approximate surface area is 95.3 Å². The number of ether oxygens (including phenoxy) is 1. The van der Waals surface area contributed by atoms with E-state index < -0.39 is 0 Å². The molecule has 0 saturated carbocycles. The maximum atomic E-state index is 8.97. The molecule has 0 bridgehead atoms. The number of benzene rings is 1. The number of fused-ring (bicyclic) bond motifs is 1. The van der Waals surface area contributed by atoms with Crippen LogP contribution in [0.1, 0.15) is 17.5 Å². The van der Waals surface area contributed by atoms with Crippen molar-refractivity contribution in [3.8, 4) is 11.8 Å². The average Bonchev–Trinajstić information content (AvgIpc) is 2.67. The van der Waals surface area contributed by atoms with Crippen molar-refractivity contribution in [2.24, 2.45) is 5.92 Å². The van der Waals surface area contributed by atoms with E-state index in [0.717, 1.165) is 12.2 Å². The summed E-state index contributed by atoms with van der Waals surface area (Å²) in [6.07, 6.45) is 1.48. The van der Waals surface area contributed by atoms with E-state index in [4.69, 9.17) is 15.1 Å². The zero-order chi connectivity index (χ0) is 11.5. The molecule has 2 rings (SSSR count). The molecule has 1 heterocycles. The molecule has 1 aliphatic rings. The number of nitrogens with zero attached hydrogens (tertiary/aromatic N) is 1. The molecule has 1 aromatic carbocycles. The van der Waals surface area contributed by atoms with Crippen molar-refractivity contribution in [1.82, 2.24) is 0 Å². The fraction of sp³-hybridized carbons (Fsp3) is 0.462. The molecule has 2 atom stereocenters. The van der Waals surface area contributed by atoms with Gasteiger partial charge in [-0.1, -0.05) is 17.7 Å². The zero-order valence-corrected chi connectivity index (χ0v) is 9.31. The van der Waals surface area contributed by atoms with Crippen LogP contribution in [0.15, 0.2) is 18.2 Å². The van der Waals surface area contributed by atoms with Crippen LogP contribution in [-0.4, -0.2) is 17.8 Å². The average molecular weight is 217 g/mol. The van der Waals surface area contributed by atoms with Gasteiger partial charge in [0.05, 0.1) is 18.6 Å². The Balaban J connectivity index is 2.03. The predicted molar refractivity (Wildman–Crippen MR) is 60.1 cm³/mol. The molecular formula is C13H15NO2. The van der Waals surface area contributed by atoms with Crippen molar-refractivity contribution in [2.45, 2.75) is 25.9 Å². The maximum absolute atomic E-state index is 8.97. The standard InChI is InChI=1S/C13H15NO2/c1-9-2-3-13-11(4-9)6-12(16-13)5-10(7-14)8-15/h2-4,10,12,15H,5-6,8H2,1H3. The first-order valence-electron chi connectivity index (χ1n) is 5.49. The first-order valence-corrected chi connectivity index (χ1v) is 5.49. The van der Waals surface area contributed by atoms with Crippen LogP contribution in [0.5, 0.6) is 5.75 Å². The Morgan fingerprint density at radius 3 is 3.12 bits per heavy atom. The number of aliphatic hydroxyl groups excluding tert-OH is 1. The zero-order valence-electron chi connectivity index (χ0n) is 9.31. The van der Waals surface area contributed by atoms with E-state index in [1.165, 1.54) is 11.1 Å². The SMILES string of the molecule is Cc1ccc2c(c1)CC(CC(C#N)CO)O2. The summed E-state index contributed by atoms with van der Waals surface area (Å²) in [4.78, 5) is 0. The largest absolute Gasteiger partial charge is 0.490 e. The van der Waals surface area contributed by atoms with Gasteiger partial charge in [-0.15, -0.1) is 0 Å². The number of hydrogen-bond acceptors (Lipinski definition) is 3. The van der Waals surface area contributed by atoms with Crippen LogP contribution in [0.3, 0.4) is 0 Å². The summed E-state index contributed by atoms with van der Waals surface area (Å²) in [6.45, 7) is 1.96. The highest BCUT2D eigenvalue weighted by Gasteiger charge is 2.25. The summed E-state index contributed by atoms with van der Waals surface area (Å²) in [6, 6.07) is 8.21. The normalized spacial score (nSPS) is 19.7. The minimum absolute atomic E-state index is 0.0357. The van der Waals surface area contributed by atoms with Crippen molar-refractivity contribution < 1.29 is 9.84 Å². The Morgan fingerprint density at radius 1 is 1.62 bits per heavy atom. The van der Waals surface area contributed by atoms with Crippen LogP contribution in [0, 0.1) is 24.2 Å². The number of rotatable bonds is 3. The van der Waals surface area contributed by atoms with Gasteiger partial charge in [0.2, 0.25) is 0 Å². The van der Waals surface area contributed by atoms with Gasteiger partial charge in [-0.25, -0.2) is 0 Å². The quantitative estimate of drug-likeness (QED) is 0.840. The highest BCUT2D eigenvalue weighted by atomic mass is 16.5. The lowest BCUT2D eigenvalue weighted by Gasteiger charge is -2.12. The second-order valence-electron chi connectivity index (χ2n) is 4.30. The lowest BCUT2D eigenvalue weighted by molar-refractivity contribution is 0.172. The molecule has 0 aliphatic carbocycles. The van der Waals surface area contributed by atoms with Crippen molar-refractivity contribution in [3.63, 3.8) is 0 Å². The molecule has 0 fully saturated rings. The second kappa shape index (κ2) is 4.54. The molecule has 0 saturated heterocycles. The summed E-state index contributed by atoms with van der Waals surface area (Å²) in [5, 5.41) is 17.8. The fourth-order valence-electron chi connectivity index (χ4n) is 2.07. The van der Waals surface area contributed by atoms with Crippen LogP contribution in [0.25, 0.3) is 0 Å². The third kappa shape index (κ3) is 2.17. The fourth-order valence-corrected chi connectivity index (χ4v) is 2.07. The summed E-state index contributed by atoms with van der Waals surface area (Å²) in [5.41, 5.74) is 2.43. The third-order valence-electron chi connectivity index (χ3n) is 2.91. The summed E-state index contributed by atoms with van der Waals surface area (Å²) < 4.78 is 5.73. The highest BCUT2D eigenvalue weighted by molar-refractivity contribution is 5.40. The van der Waals surface area contributed by atoms with Crippen LogP contribution in [-0.2, 0) is 6.42 Å². The van der Waals surface area contributed by atoms with Gasteiger partial charge < -0.3 is 9.84 Å². The van der Waals surface area contributed by atoms with Crippen LogP contribution < -0.4 is 4.74 Å². The van der Waals surface area contributed by atoms with Crippen molar-refractivity contribution in [2.75, 3.05) is 6.61 Å². The Hall–Kier alpha value is -1.53. The molecule has 16 heavy (non-hydrogen) atoms. The predicted octanol–water partition coefficient (Wildman–Crippen LogP) is 1.82. The van der Waals surface area contributed by atoms with E-state index >= 15 is 0 Å². The van der Waals surface area contributed by atoms with Crippen LogP contribution in [0.4, 0.5) is 0 Å². The van der Waals surface area contributed by atoms with E-state index in [1.807, 2.05) is 12.1 Å². The summed E-state index contributed by atoms with van der Waals surface area (Å²) in [7, 11) is 0. The Bertz CT molecular complexity index is 422. The van der Waals surface area contributed by atoms with Gasteiger partial charge in [0, 0.05) is 12.8 Å². The smallest absolute Gasteiger partial charge is 0.123 e. The van der Waals surface area contributed by atoms with E-state index in [2.05, 4.69) is 19.1 Å². The van der Waals surface area contributed by atoms with Gasteiger partial charge in [-0.2, -0.15) is 5.26 Å².